The molecule has 2 aliphatic heterocycles. The summed E-state index contributed by atoms with van der Waals surface area (Å²) < 4.78 is 0. The number of aliphatic imine (C=N–C) groups is 2. The van der Waals surface area contributed by atoms with Crippen molar-refractivity contribution < 1.29 is 5.11 Å². The second-order valence-electron chi connectivity index (χ2n) is 8.70. The van der Waals surface area contributed by atoms with Crippen LogP contribution in [0.2, 0.25) is 5.02 Å². The zero-order valence-electron chi connectivity index (χ0n) is 19.4. The van der Waals surface area contributed by atoms with Crippen LogP contribution >= 0.6 is 11.6 Å². The maximum atomic E-state index is 10.0. The average molecular weight is 467 g/mol. The molecule has 0 saturated carbocycles. The Bertz CT molecular complexity index is 1100. The third-order valence-corrected chi connectivity index (χ3v) is 6.52. The summed E-state index contributed by atoms with van der Waals surface area (Å²) in [5.41, 5.74) is 6.20. The largest absolute Gasteiger partial charge is 0.393 e. The fourth-order valence-corrected chi connectivity index (χ4v) is 4.54. The van der Waals surface area contributed by atoms with Crippen molar-refractivity contribution >= 4 is 30.0 Å². The predicted molar refractivity (Wildman–Crippen MR) is 135 cm³/mol. The van der Waals surface area contributed by atoms with E-state index in [1.165, 1.54) is 0 Å². The Morgan fingerprint density at radius 3 is 2.67 bits per heavy atom. The Balaban J connectivity index is 1.65. The molecule has 2 aliphatic rings. The molecule has 0 saturated heterocycles. The zero-order valence-corrected chi connectivity index (χ0v) is 20.2. The first-order chi connectivity index (χ1) is 15.9. The molecule has 2 unspecified atom stereocenters. The normalized spacial score (nSPS) is 21.8. The highest BCUT2D eigenvalue weighted by Crippen LogP contribution is 2.34. The smallest absolute Gasteiger partial charge is 0.129 e. The number of anilines is 1. The number of hydrogen-bond acceptors (Lipinski definition) is 7. The minimum atomic E-state index is -0.372. The second kappa shape index (κ2) is 10.4. The summed E-state index contributed by atoms with van der Waals surface area (Å²) in [5.74, 6) is 0.860. The summed E-state index contributed by atoms with van der Waals surface area (Å²) in [6.07, 6.45) is 9.00. The highest BCUT2D eigenvalue weighted by molar-refractivity contribution is 6.33. The van der Waals surface area contributed by atoms with Gasteiger partial charge in [0.25, 0.3) is 0 Å². The van der Waals surface area contributed by atoms with Gasteiger partial charge in [-0.3, -0.25) is 15.0 Å². The molecule has 2 atom stereocenters. The summed E-state index contributed by atoms with van der Waals surface area (Å²) >= 11 is 6.55. The quantitative estimate of drug-likeness (QED) is 0.695. The van der Waals surface area contributed by atoms with Crippen LogP contribution in [0.3, 0.4) is 0 Å². The molecule has 33 heavy (non-hydrogen) atoms. The fraction of sp³-hybridized carbons (Fsp3) is 0.440. The van der Waals surface area contributed by atoms with Gasteiger partial charge in [-0.1, -0.05) is 17.7 Å². The number of aliphatic hydroxyl groups excluding tert-OH is 1. The molecule has 2 N–H and O–H groups in total. The van der Waals surface area contributed by atoms with E-state index < -0.39 is 0 Å². The molecule has 8 heteroatoms. The first-order valence-corrected chi connectivity index (χ1v) is 11.8. The molecule has 0 radical (unpaired) electrons. The van der Waals surface area contributed by atoms with Crippen LogP contribution in [0.4, 0.5) is 5.82 Å². The lowest BCUT2D eigenvalue weighted by atomic mass is 9.98. The van der Waals surface area contributed by atoms with Gasteiger partial charge in [0, 0.05) is 61.5 Å². The third-order valence-electron chi connectivity index (χ3n) is 6.22. The van der Waals surface area contributed by atoms with Crippen molar-refractivity contribution in [2.45, 2.75) is 52.2 Å². The molecule has 7 nitrogen and oxygen atoms in total. The van der Waals surface area contributed by atoms with Crippen LogP contribution in [0.1, 0.15) is 37.3 Å². The van der Waals surface area contributed by atoms with Crippen LogP contribution in [0.15, 0.2) is 45.8 Å². The Morgan fingerprint density at radius 2 is 1.88 bits per heavy atom. The maximum Gasteiger partial charge on any atom is 0.129 e. The highest BCUT2D eigenvalue weighted by Gasteiger charge is 2.27. The van der Waals surface area contributed by atoms with Crippen molar-refractivity contribution in [2.24, 2.45) is 9.98 Å². The Kier molecular flexibility index (Phi) is 7.40. The molecule has 0 aromatic carbocycles. The minimum absolute atomic E-state index is 0.0554. The number of pyridine rings is 2. The van der Waals surface area contributed by atoms with Crippen LogP contribution in [-0.2, 0) is 0 Å². The molecule has 4 heterocycles. The maximum absolute atomic E-state index is 10.0. The Morgan fingerprint density at radius 1 is 1.09 bits per heavy atom. The van der Waals surface area contributed by atoms with Crippen molar-refractivity contribution in [3.05, 3.63) is 51.9 Å². The number of nitrogens with zero attached hydrogens (tertiary/aromatic N) is 5. The van der Waals surface area contributed by atoms with Gasteiger partial charge in [-0.25, -0.2) is 4.98 Å². The monoisotopic (exact) mass is 466 g/mol. The van der Waals surface area contributed by atoms with E-state index in [0.29, 0.717) is 31.0 Å². The van der Waals surface area contributed by atoms with Crippen molar-refractivity contribution in [3.8, 4) is 11.3 Å². The van der Waals surface area contributed by atoms with E-state index in [2.05, 4.69) is 50.1 Å². The van der Waals surface area contributed by atoms with Gasteiger partial charge in [-0.2, -0.15) is 0 Å². The van der Waals surface area contributed by atoms with E-state index >= 15 is 0 Å². The van der Waals surface area contributed by atoms with Crippen molar-refractivity contribution in [2.75, 3.05) is 24.5 Å². The van der Waals surface area contributed by atoms with E-state index in [0.717, 1.165) is 52.4 Å². The molecular weight excluding hydrogens is 436 g/mol. The van der Waals surface area contributed by atoms with Crippen molar-refractivity contribution in [3.63, 3.8) is 0 Å². The standard InChI is InChI=1S/C25H31ClN6O/c1-16-10-17(2)25(30-12-16)20-11-24(29-14-22(20)26)32-9-6-23-21(18(32)3)13-27-7-4-19(33)5-8-28-15-31-23/h10-15,18-19,33H,4-9H2,1-3H3,(H,28,31). The molecular formula is C25H31ClN6O. The first-order valence-electron chi connectivity index (χ1n) is 11.5. The molecule has 0 spiro atoms. The van der Waals surface area contributed by atoms with Crippen LogP contribution in [0.5, 0.6) is 0 Å². The predicted octanol–water partition coefficient (Wildman–Crippen LogP) is 4.11. The lowest BCUT2D eigenvalue weighted by Crippen LogP contribution is -2.42. The van der Waals surface area contributed by atoms with Gasteiger partial charge in [0.05, 0.1) is 29.2 Å². The molecule has 0 amide bonds. The van der Waals surface area contributed by atoms with Gasteiger partial charge < -0.3 is 15.3 Å². The lowest BCUT2D eigenvalue weighted by Gasteiger charge is -2.37. The van der Waals surface area contributed by atoms with Gasteiger partial charge in [-0.05, 0) is 50.8 Å². The first kappa shape index (κ1) is 23.4. The van der Waals surface area contributed by atoms with E-state index in [-0.39, 0.29) is 12.1 Å². The van der Waals surface area contributed by atoms with Gasteiger partial charge in [-0.15, -0.1) is 0 Å². The molecule has 4 rings (SSSR count). The molecule has 174 valence electrons. The van der Waals surface area contributed by atoms with E-state index in [1.54, 1.807) is 12.5 Å². The number of aromatic nitrogens is 2. The van der Waals surface area contributed by atoms with Crippen LogP contribution in [0, 0.1) is 13.8 Å². The van der Waals surface area contributed by atoms with Crippen LogP contribution < -0.4 is 10.2 Å². The lowest BCUT2D eigenvalue weighted by molar-refractivity contribution is 0.160. The van der Waals surface area contributed by atoms with Gasteiger partial charge in [0.2, 0.25) is 0 Å². The van der Waals surface area contributed by atoms with Gasteiger partial charge in [0.15, 0.2) is 0 Å². The summed E-state index contributed by atoms with van der Waals surface area (Å²) in [4.78, 5) is 20.6. The van der Waals surface area contributed by atoms with Gasteiger partial charge >= 0.3 is 0 Å². The topological polar surface area (TPSA) is 86.0 Å². The van der Waals surface area contributed by atoms with Crippen molar-refractivity contribution in [1.82, 2.24) is 15.3 Å². The third kappa shape index (κ3) is 5.42. The molecule has 0 aliphatic carbocycles. The van der Waals surface area contributed by atoms with Gasteiger partial charge in [0.1, 0.15) is 5.82 Å². The minimum Gasteiger partial charge on any atom is -0.393 e. The summed E-state index contributed by atoms with van der Waals surface area (Å²) in [7, 11) is 0. The van der Waals surface area contributed by atoms with E-state index in [4.69, 9.17) is 11.6 Å². The second-order valence-corrected chi connectivity index (χ2v) is 9.11. The number of halogens is 1. The molecule has 0 bridgehead atoms. The average Bonchev–Trinajstić information content (AvgIpc) is 2.78. The van der Waals surface area contributed by atoms with E-state index in [9.17, 15) is 5.11 Å². The van der Waals surface area contributed by atoms with Crippen LogP contribution in [0.25, 0.3) is 11.3 Å². The highest BCUT2D eigenvalue weighted by atomic mass is 35.5. The fourth-order valence-electron chi connectivity index (χ4n) is 4.35. The zero-order chi connectivity index (χ0) is 23.4. The number of aliphatic hydroxyl groups is 1. The van der Waals surface area contributed by atoms with Crippen molar-refractivity contribution in [1.29, 1.82) is 0 Å². The SMILES string of the molecule is Cc1cnc(-c2cc(N3CCC4=C(C=NCCC(O)CCN=CN4)C3C)ncc2Cl)c(C)c1. The number of aryl methyl sites for hydroxylation is 2. The number of hydrogen-bond donors (Lipinski definition) is 2. The number of rotatable bonds is 2. The summed E-state index contributed by atoms with van der Waals surface area (Å²) in [6.45, 7) is 8.25. The molecule has 2 aromatic rings. The summed E-state index contributed by atoms with van der Waals surface area (Å²) in [5, 5.41) is 14.0. The van der Waals surface area contributed by atoms with E-state index in [1.807, 2.05) is 25.4 Å². The molecule has 0 fully saturated rings. The number of nitrogens with one attached hydrogen (secondary N) is 1. The van der Waals surface area contributed by atoms with Crippen LogP contribution in [-0.4, -0.2) is 59.4 Å². The Hall–Kier alpha value is -2.77. The Labute approximate surface area is 200 Å². The molecule has 2 aromatic heterocycles. The summed E-state index contributed by atoms with van der Waals surface area (Å²) in [6, 6.07) is 4.21.